The van der Waals surface area contributed by atoms with Gasteiger partial charge in [-0.3, -0.25) is 4.79 Å². The number of carbonyl (C=O) groups excluding carboxylic acids is 1. The zero-order valence-corrected chi connectivity index (χ0v) is 11.3. The Morgan fingerprint density at radius 2 is 2.45 bits per heavy atom. The van der Waals surface area contributed by atoms with Gasteiger partial charge in [-0.2, -0.15) is 0 Å². The van der Waals surface area contributed by atoms with E-state index in [1.54, 1.807) is 17.0 Å². The van der Waals surface area contributed by atoms with Gasteiger partial charge >= 0.3 is 0 Å². The van der Waals surface area contributed by atoms with Crippen molar-refractivity contribution in [3.05, 3.63) is 48.3 Å². The molecule has 0 saturated carbocycles. The van der Waals surface area contributed by atoms with Crippen LogP contribution in [0.4, 0.5) is 4.39 Å². The summed E-state index contributed by atoms with van der Waals surface area (Å²) in [7, 11) is 0. The Hall–Kier alpha value is -1.72. The van der Waals surface area contributed by atoms with Crippen molar-refractivity contribution < 1.29 is 13.9 Å². The van der Waals surface area contributed by atoms with E-state index in [1.807, 2.05) is 6.07 Å². The van der Waals surface area contributed by atoms with Gasteiger partial charge in [-0.05, 0) is 17.7 Å². The number of ether oxygens (including phenoxy) is 1. The standard InChI is InChI=1S/C15H19FN2O2/c1-2-8-20-11-15(19)18-7-6-17-10-14(18)12-4-3-5-13(16)9-12/h2-5,9,14,17H,1,6-8,10-11H2. The highest BCUT2D eigenvalue weighted by molar-refractivity contribution is 5.78. The number of halogens is 1. The molecule has 0 aromatic heterocycles. The molecule has 0 bridgehead atoms. The van der Waals surface area contributed by atoms with Crippen LogP contribution in [-0.4, -0.2) is 43.7 Å². The monoisotopic (exact) mass is 278 g/mol. The zero-order valence-electron chi connectivity index (χ0n) is 11.3. The summed E-state index contributed by atoms with van der Waals surface area (Å²) in [6.07, 6.45) is 1.61. The Bertz CT molecular complexity index is 479. The van der Waals surface area contributed by atoms with Crippen LogP contribution in [0.15, 0.2) is 36.9 Å². The van der Waals surface area contributed by atoms with E-state index in [4.69, 9.17) is 4.74 Å². The summed E-state index contributed by atoms with van der Waals surface area (Å²) in [5.74, 6) is -0.369. The number of carbonyl (C=O) groups is 1. The molecule has 1 aliphatic heterocycles. The van der Waals surface area contributed by atoms with Gasteiger partial charge in [0, 0.05) is 19.6 Å². The maximum atomic E-state index is 13.3. The fourth-order valence-electron chi connectivity index (χ4n) is 2.33. The molecule has 1 heterocycles. The normalized spacial score (nSPS) is 18.9. The van der Waals surface area contributed by atoms with E-state index < -0.39 is 0 Å². The number of rotatable bonds is 5. The smallest absolute Gasteiger partial charge is 0.249 e. The number of piperazine rings is 1. The van der Waals surface area contributed by atoms with Crippen LogP contribution in [0.5, 0.6) is 0 Å². The highest BCUT2D eigenvalue weighted by Gasteiger charge is 2.27. The number of benzene rings is 1. The van der Waals surface area contributed by atoms with Crippen molar-refractivity contribution in [3.8, 4) is 0 Å². The van der Waals surface area contributed by atoms with Gasteiger partial charge in [-0.15, -0.1) is 6.58 Å². The van der Waals surface area contributed by atoms with E-state index >= 15 is 0 Å². The molecule has 2 rings (SSSR count). The Morgan fingerprint density at radius 1 is 1.60 bits per heavy atom. The second kappa shape index (κ2) is 7.17. The van der Waals surface area contributed by atoms with Crippen molar-refractivity contribution in [3.63, 3.8) is 0 Å². The molecule has 1 unspecified atom stereocenters. The number of nitrogens with one attached hydrogen (secondary N) is 1. The van der Waals surface area contributed by atoms with Crippen molar-refractivity contribution >= 4 is 5.91 Å². The van der Waals surface area contributed by atoms with Crippen LogP contribution in [0, 0.1) is 5.82 Å². The Morgan fingerprint density at radius 3 is 3.20 bits per heavy atom. The summed E-state index contributed by atoms with van der Waals surface area (Å²) in [6, 6.07) is 6.22. The number of nitrogens with zero attached hydrogens (tertiary/aromatic N) is 1. The highest BCUT2D eigenvalue weighted by atomic mass is 19.1. The van der Waals surface area contributed by atoms with E-state index in [2.05, 4.69) is 11.9 Å². The molecule has 1 amide bonds. The van der Waals surface area contributed by atoms with E-state index in [0.717, 1.165) is 12.1 Å². The highest BCUT2D eigenvalue weighted by Crippen LogP contribution is 2.23. The van der Waals surface area contributed by atoms with Crippen LogP contribution < -0.4 is 5.32 Å². The van der Waals surface area contributed by atoms with Gasteiger partial charge in [0.25, 0.3) is 0 Å². The first kappa shape index (κ1) is 14.7. The van der Waals surface area contributed by atoms with Gasteiger partial charge < -0.3 is 15.0 Å². The van der Waals surface area contributed by atoms with Gasteiger partial charge in [0.2, 0.25) is 5.91 Å². The van der Waals surface area contributed by atoms with Gasteiger partial charge in [-0.1, -0.05) is 18.2 Å². The van der Waals surface area contributed by atoms with Crippen LogP contribution in [0.3, 0.4) is 0 Å². The van der Waals surface area contributed by atoms with Crippen molar-refractivity contribution in [2.24, 2.45) is 0 Å². The number of hydrogen-bond acceptors (Lipinski definition) is 3. The minimum atomic E-state index is -0.289. The third-order valence-electron chi connectivity index (χ3n) is 3.26. The van der Waals surface area contributed by atoms with Crippen molar-refractivity contribution in [1.29, 1.82) is 0 Å². The average Bonchev–Trinajstić information content (AvgIpc) is 2.47. The Balaban J connectivity index is 2.08. The van der Waals surface area contributed by atoms with Crippen LogP contribution in [-0.2, 0) is 9.53 Å². The molecule has 20 heavy (non-hydrogen) atoms. The van der Waals surface area contributed by atoms with Gasteiger partial charge in [-0.25, -0.2) is 4.39 Å². The molecule has 108 valence electrons. The molecule has 1 saturated heterocycles. The molecule has 1 fully saturated rings. The summed E-state index contributed by atoms with van der Waals surface area (Å²) < 4.78 is 18.5. The summed E-state index contributed by atoms with van der Waals surface area (Å²) in [5.41, 5.74) is 0.800. The average molecular weight is 278 g/mol. The lowest BCUT2D eigenvalue weighted by Gasteiger charge is -2.36. The minimum absolute atomic E-state index is 0.0256. The molecule has 4 nitrogen and oxygen atoms in total. The molecule has 5 heteroatoms. The fraction of sp³-hybridized carbons (Fsp3) is 0.400. The largest absolute Gasteiger partial charge is 0.368 e. The molecule has 1 N–H and O–H groups in total. The lowest BCUT2D eigenvalue weighted by molar-refractivity contribution is -0.139. The zero-order chi connectivity index (χ0) is 14.4. The third kappa shape index (κ3) is 3.65. The molecule has 0 spiro atoms. The second-order valence-electron chi connectivity index (χ2n) is 4.67. The quantitative estimate of drug-likeness (QED) is 0.655. The fourth-order valence-corrected chi connectivity index (χ4v) is 2.33. The first-order valence-electron chi connectivity index (χ1n) is 6.66. The minimum Gasteiger partial charge on any atom is -0.368 e. The van der Waals surface area contributed by atoms with Crippen LogP contribution in [0.1, 0.15) is 11.6 Å². The molecular formula is C15H19FN2O2. The van der Waals surface area contributed by atoms with E-state index in [9.17, 15) is 9.18 Å². The van der Waals surface area contributed by atoms with E-state index in [-0.39, 0.29) is 24.4 Å². The molecule has 0 radical (unpaired) electrons. The van der Waals surface area contributed by atoms with Crippen molar-refractivity contribution in [1.82, 2.24) is 10.2 Å². The first-order valence-corrected chi connectivity index (χ1v) is 6.66. The van der Waals surface area contributed by atoms with Crippen LogP contribution in [0.25, 0.3) is 0 Å². The summed E-state index contributed by atoms with van der Waals surface area (Å²) in [4.78, 5) is 13.9. The Labute approximate surface area is 118 Å². The van der Waals surface area contributed by atoms with Gasteiger partial charge in [0.1, 0.15) is 12.4 Å². The SMILES string of the molecule is C=CCOCC(=O)N1CCNCC1c1cccc(F)c1. The topological polar surface area (TPSA) is 41.6 Å². The third-order valence-corrected chi connectivity index (χ3v) is 3.26. The summed E-state index contributed by atoms with van der Waals surface area (Å²) in [6.45, 7) is 5.87. The summed E-state index contributed by atoms with van der Waals surface area (Å²) in [5, 5.41) is 3.23. The Kier molecular flexibility index (Phi) is 5.26. The van der Waals surface area contributed by atoms with E-state index in [1.165, 1.54) is 12.1 Å². The molecule has 1 aromatic carbocycles. The predicted octanol–water partition coefficient (Wildman–Crippen LogP) is 1.50. The van der Waals surface area contributed by atoms with Crippen molar-refractivity contribution in [2.75, 3.05) is 32.8 Å². The van der Waals surface area contributed by atoms with Crippen LogP contribution >= 0.6 is 0 Å². The van der Waals surface area contributed by atoms with Crippen molar-refractivity contribution in [2.45, 2.75) is 6.04 Å². The molecule has 1 aliphatic rings. The van der Waals surface area contributed by atoms with Gasteiger partial charge in [0.15, 0.2) is 0 Å². The maximum Gasteiger partial charge on any atom is 0.249 e. The summed E-state index contributed by atoms with van der Waals surface area (Å²) >= 11 is 0. The molecular weight excluding hydrogens is 259 g/mol. The van der Waals surface area contributed by atoms with Gasteiger partial charge in [0.05, 0.1) is 12.6 Å². The first-order chi connectivity index (χ1) is 9.72. The lowest BCUT2D eigenvalue weighted by atomic mass is 10.0. The lowest BCUT2D eigenvalue weighted by Crippen LogP contribution is -2.49. The second-order valence-corrected chi connectivity index (χ2v) is 4.67. The predicted molar refractivity (Wildman–Crippen MR) is 74.7 cm³/mol. The van der Waals surface area contributed by atoms with Crippen LogP contribution in [0.2, 0.25) is 0 Å². The molecule has 0 aliphatic carbocycles. The molecule has 1 aromatic rings. The van der Waals surface area contributed by atoms with E-state index in [0.29, 0.717) is 19.7 Å². The number of amides is 1. The molecule has 1 atom stereocenters. The number of hydrogen-bond donors (Lipinski definition) is 1. The maximum absolute atomic E-state index is 13.3.